The van der Waals surface area contributed by atoms with Crippen molar-refractivity contribution in [2.75, 3.05) is 0 Å². The molecule has 0 saturated heterocycles. The molecule has 0 saturated carbocycles. The van der Waals surface area contributed by atoms with Crippen LogP contribution in [0, 0.1) is 5.92 Å². The molecule has 0 N–H and O–H groups in total. The number of hydrogen-bond acceptors (Lipinski definition) is 1. The lowest BCUT2D eigenvalue weighted by Gasteiger charge is -2.06. The highest BCUT2D eigenvalue weighted by Gasteiger charge is 2.19. The number of aryl methyl sites for hydroxylation is 2. The number of benzene rings is 1. The third kappa shape index (κ3) is 2.11. The summed E-state index contributed by atoms with van der Waals surface area (Å²) in [5.41, 5.74) is 3.51. The summed E-state index contributed by atoms with van der Waals surface area (Å²) in [7, 11) is 0. The summed E-state index contributed by atoms with van der Waals surface area (Å²) < 4.78 is 0. The molecular weight excluding hydrogens is 184 g/mol. The van der Waals surface area contributed by atoms with Gasteiger partial charge in [-0.15, -0.1) is 0 Å². The highest BCUT2D eigenvalue weighted by atomic mass is 16.1. The molecular formula is C14H18O. The third-order valence-electron chi connectivity index (χ3n) is 3.32. The van der Waals surface area contributed by atoms with Gasteiger partial charge in [0.2, 0.25) is 0 Å². The molecule has 0 fully saturated rings. The molecule has 2 rings (SSSR count). The number of ketones is 1. The first-order valence-corrected chi connectivity index (χ1v) is 5.85. The average molecular weight is 202 g/mol. The Morgan fingerprint density at radius 3 is 2.93 bits per heavy atom. The van der Waals surface area contributed by atoms with Crippen LogP contribution in [-0.4, -0.2) is 5.78 Å². The SMILES string of the molecule is CCc1ccc2c(c1)C(=O)CC(C)CC2. The Balaban J connectivity index is 2.41. The first-order chi connectivity index (χ1) is 7.20. The van der Waals surface area contributed by atoms with Crippen molar-refractivity contribution in [1.82, 2.24) is 0 Å². The third-order valence-corrected chi connectivity index (χ3v) is 3.32. The van der Waals surface area contributed by atoms with E-state index in [4.69, 9.17) is 0 Å². The minimum atomic E-state index is 0.338. The van der Waals surface area contributed by atoms with Crippen LogP contribution in [0.5, 0.6) is 0 Å². The van der Waals surface area contributed by atoms with Gasteiger partial charge in [0, 0.05) is 12.0 Å². The second kappa shape index (κ2) is 4.18. The molecule has 1 aliphatic rings. The van der Waals surface area contributed by atoms with Crippen LogP contribution in [0.1, 0.15) is 48.2 Å². The summed E-state index contributed by atoms with van der Waals surface area (Å²) >= 11 is 0. The largest absolute Gasteiger partial charge is 0.294 e. The van der Waals surface area contributed by atoms with Crippen molar-refractivity contribution in [2.24, 2.45) is 5.92 Å². The van der Waals surface area contributed by atoms with Crippen molar-refractivity contribution < 1.29 is 4.79 Å². The summed E-state index contributed by atoms with van der Waals surface area (Å²) in [6, 6.07) is 6.39. The zero-order chi connectivity index (χ0) is 10.8. The number of Topliss-reactive ketones (excluding diaryl/α,β-unsaturated/α-hetero) is 1. The maximum Gasteiger partial charge on any atom is 0.163 e. The van der Waals surface area contributed by atoms with Crippen LogP contribution in [0.4, 0.5) is 0 Å². The summed E-state index contributed by atoms with van der Waals surface area (Å²) in [4.78, 5) is 12.0. The molecule has 15 heavy (non-hydrogen) atoms. The summed E-state index contributed by atoms with van der Waals surface area (Å²) in [5.74, 6) is 0.875. The van der Waals surface area contributed by atoms with E-state index in [-0.39, 0.29) is 0 Å². The fraction of sp³-hybridized carbons (Fsp3) is 0.500. The van der Waals surface area contributed by atoms with Gasteiger partial charge in [-0.05, 0) is 42.4 Å². The molecule has 1 nitrogen and oxygen atoms in total. The van der Waals surface area contributed by atoms with E-state index in [0.717, 1.165) is 31.2 Å². The lowest BCUT2D eigenvalue weighted by molar-refractivity contribution is 0.0967. The molecule has 80 valence electrons. The summed E-state index contributed by atoms with van der Waals surface area (Å²) in [6.45, 7) is 4.30. The van der Waals surface area contributed by atoms with Crippen LogP contribution in [0.2, 0.25) is 0 Å². The molecule has 0 aromatic heterocycles. The van der Waals surface area contributed by atoms with Crippen LogP contribution >= 0.6 is 0 Å². The number of hydrogen-bond donors (Lipinski definition) is 0. The highest BCUT2D eigenvalue weighted by Crippen LogP contribution is 2.25. The normalized spacial score (nSPS) is 20.9. The Bertz CT molecular complexity index is 379. The first kappa shape index (κ1) is 10.4. The fourth-order valence-corrected chi connectivity index (χ4v) is 2.25. The van der Waals surface area contributed by atoms with Gasteiger partial charge in [0.15, 0.2) is 5.78 Å². The van der Waals surface area contributed by atoms with Crippen molar-refractivity contribution in [3.05, 3.63) is 34.9 Å². The van der Waals surface area contributed by atoms with E-state index in [9.17, 15) is 4.79 Å². The predicted octanol–water partition coefficient (Wildman–Crippen LogP) is 3.40. The van der Waals surface area contributed by atoms with E-state index in [1.54, 1.807) is 0 Å². The minimum absolute atomic E-state index is 0.338. The average Bonchev–Trinajstić information content (AvgIpc) is 2.38. The smallest absolute Gasteiger partial charge is 0.163 e. The Hall–Kier alpha value is -1.11. The van der Waals surface area contributed by atoms with E-state index in [1.807, 2.05) is 0 Å². The second-order valence-electron chi connectivity index (χ2n) is 4.62. The van der Waals surface area contributed by atoms with Gasteiger partial charge in [-0.25, -0.2) is 0 Å². The van der Waals surface area contributed by atoms with Gasteiger partial charge in [-0.1, -0.05) is 26.0 Å². The van der Waals surface area contributed by atoms with Gasteiger partial charge < -0.3 is 0 Å². The molecule has 0 amide bonds. The first-order valence-electron chi connectivity index (χ1n) is 5.85. The van der Waals surface area contributed by atoms with Gasteiger partial charge in [-0.2, -0.15) is 0 Å². The maximum absolute atomic E-state index is 12.0. The van der Waals surface area contributed by atoms with Gasteiger partial charge in [-0.3, -0.25) is 4.79 Å². The highest BCUT2D eigenvalue weighted by molar-refractivity contribution is 5.98. The van der Waals surface area contributed by atoms with E-state index < -0.39 is 0 Å². The summed E-state index contributed by atoms with van der Waals surface area (Å²) in [5, 5.41) is 0. The maximum atomic E-state index is 12.0. The van der Waals surface area contributed by atoms with Crippen molar-refractivity contribution in [3.63, 3.8) is 0 Å². The van der Waals surface area contributed by atoms with Gasteiger partial charge in [0.25, 0.3) is 0 Å². The van der Waals surface area contributed by atoms with Crippen molar-refractivity contribution >= 4 is 5.78 Å². The standard InChI is InChI=1S/C14H18O/c1-3-11-5-7-12-6-4-10(2)8-14(15)13(12)9-11/h5,7,9-10H,3-4,6,8H2,1-2H3. The predicted molar refractivity (Wildman–Crippen MR) is 62.3 cm³/mol. The lowest BCUT2D eigenvalue weighted by Crippen LogP contribution is -2.03. The van der Waals surface area contributed by atoms with E-state index in [2.05, 4.69) is 32.0 Å². The van der Waals surface area contributed by atoms with Gasteiger partial charge in [0.05, 0.1) is 0 Å². The van der Waals surface area contributed by atoms with Gasteiger partial charge in [0.1, 0.15) is 0 Å². The molecule has 0 bridgehead atoms. The zero-order valence-electron chi connectivity index (χ0n) is 9.55. The Morgan fingerprint density at radius 1 is 1.40 bits per heavy atom. The van der Waals surface area contributed by atoms with Crippen molar-refractivity contribution in [1.29, 1.82) is 0 Å². The zero-order valence-corrected chi connectivity index (χ0v) is 9.55. The molecule has 1 aromatic rings. The number of carbonyl (C=O) groups excluding carboxylic acids is 1. The summed E-state index contributed by atoms with van der Waals surface area (Å²) in [6.07, 6.45) is 3.94. The van der Waals surface area contributed by atoms with Crippen molar-refractivity contribution in [3.8, 4) is 0 Å². The molecule has 0 aliphatic heterocycles. The van der Waals surface area contributed by atoms with E-state index >= 15 is 0 Å². The van der Waals surface area contributed by atoms with Crippen LogP contribution in [0.25, 0.3) is 0 Å². The molecule has 0 spiro atoms. The molecule has 1 heteroatoms. The Labute approximate surface area is 91.5 Å². The molecule has 0 radical (unpaired) electrons. The number of fused-ring (bicyclic) bond motifs is 1. The molecule has 1 atom stereocenters. The fourth-order valence-electron chi connectivity index (χ4n) is 2.25. The van der Waals surface area contributed by atoms with Crippen LogP contribution in [0.3, 0.4) is 0 Å². The van der Waals surface area contributed by atoms with Gasteiger partial charge >= 0.3 is 0 Å². The van der Waals surface area contributed by atoms with Crippen LogP contribution in [-0.2, 0) is 12.8 Å². The molecule has 1 aromatic carbocycles. The lowest BCUT2D eigenvalue weighted by atomic mass is 9.98. The molecule has 0 heterocycles. The second-order valence-corrected chi connectivity index (χ2v) is 4.62. The minimum Gasteiger partial charge on any atom is -0.294 e. The molecule has 1 aliphatic carbocycles. The van der Waals surface area contributed by atoms with Crippen LogP contribution in [0.15, 0.2) is 18.2 Å². The topological polar surface area (TPSA) is 17.1 Å². The van der Waals surface area contributed by atoms with Crippen molar-refractivity contribution in [2.45, 2.75) is 39.5 Å². The molecule has 1 unspecified atom stereocenters. The number of rotatable bonds is 1. The van der Waals surface area contributed by atoms with E-state index in [0.29, 0.717) is 11.7 Å². The monoisotopic (exact) mass is 202 g/mol. The Morgan fingerprint density at radius 2 is 2.20 bits per heavy atom. The van der Waals surface area contributed by atoms with Crippen LogP contribution < -0.4 is 0 Å². The Kier molecular flexibility index (Phi) is 2.90. The van der Waals surface area contributed by atoms with E-state index in [1.165, 1.54) is 11.1 Å². The quantitative estimate of drug-likeness (QED) is 0.638. The number of carbonyl (C=O) groups is 1.